The number of ketones is 1. The van der Waals surface area contributed by atoms with E-state index in [1.165, 1.54) is 6.08 Å². The van der Waals surface area contributed by atoms with Crippen molar-refractivity contribution in [2.45, 2.75) is 27.7 Å². The highest BCUT2D eigenvalue weighted by atomic mass is 16.1. The first kappa shape index (κ1) is 18.5. The van der Waals surface area contributed by atoms with Gasteiger partial charge in [-0.25, -0.2) is 0 Å². The number of hydrogen-bond donors (Lipinski definition) is 0. The first-order valence-electron chi connectivity index (χ1n) is 6.34. The molecule has 0 unspecified atom stereocenters. The van der Waals surface area contributed by atoms with Gasteiger partial charge in [-0.1, -0.05) is 89.4 Å². The van der Waals surface area contributed by atoms with Gasteiger partial charge in [0.25, 0.3) is 0 Å². The summed E-state index contributed by atoms with van der Waals surface area (Å²) in [4.78, 5) is 11.8. The van der Waals surface area contributed by atoms with Crippen molar-refractivity contribution in [3.8, 4) is 0 Å². The highest BCUT2D eigenvalue weighted by Gasteiger charge is 2.06. The number of carbonyl (C=O) groups is 1. The summed E-state index contributed by atoms with van der Waals surface area (Å²) in [5.41, 5.74) is 1.23. The van der Waals surface area contributed by atoms with Gasteiger partial charge in [0, 0.05) is 11.1 Å². The first-order valence-corrected chi connectivity index (χ1v) is 6.34. The zero-order valence-electron chi connectivity index (χ0n) is 11.9. The summed E-state index contributed by atoms with van der Waals surface area (Å²) in [5, 5.41) is 0. The van der Waals surface area contributed by atoms with Crippen molar-refractivity contribution in [2.24, 2.45) is 0 Å². The summed E-state index contributed by atoms with van der Waals surface area (Å²) in [7, 11) is 0. The van der Waals surface area contributed by atoms with E-state index in [1.807, 2.05) is 45.9 Å². The average Bonchev–Trinajstić information content (AvgIpc) is 2.49. The van der Waals surface area contributed by atoms with E-state index in [-0.39, 0.29) is 5.78 Å². The van der Waals surface area contributed by atoms with Crippen molar-refractivity contribution >= 4 is 5.78 Å². The van der Waals surface area contributed by atoms with Crippen LogP contribution in [0.2, 0.25) is 0 Å². The second kappa shape index (κ2) is 13.2. The minimum Gasteiger partial charge on any atom is -0.289 e. The number of benzene rings is 1. The van der Waals surface area contributed by atoms with Crippen molar-refractivity contribution < 1.29 is 4.79 Å². The van der Waals surface area contributed by atoms with E-state index in [4.69, 9.17) is 0 Å². The summed E-state index contributed by atoms with van der Waals surface area (Å²) < 4.78 is 0. The summed E-state index contributed by atoms with van der Waals surface area (Å²) >= 11 is 0. The molecule has 0 radical (unpaired) electrons. The molecule has 0 atom stereocenters. The fourth-order valence-electron chi connectivity index (χ4n) is 1.12. The van der Waals surface area contributed by atoms with Crippen LogP contribution in [0.25, 0.3) is 0 Å². The normalized spacial score (nSPS) is 9.00. The Morgan fingerprint density at radius 3 is 1.89 bits per heavy atom. The third kappa shape index (κ3) is 6.64. The topological polar surface area (TPSA) is 17.1 Å². The molecule has 0 amide bonds. The molecule has 98 valence electrons. The van der Waals surface area contributed by atoms with Gasteiger partial charge >= 0.3 is 0 Å². The maximum atomic E-state index is 11.8. The molecule has 0 fully saturated rings. The van der Waals surface area contributed by atoms with E-state index < -0.39 is 0 Å². The van der Waals surface area contributed by atoms with Gasteiger partial charge in [0.1, 0.15) is 0 Å². The predicted octanol–water partition coefficient (Wildman–Crippen LogP) is 5.22. The van der Waals surface area contributed by atoms with Crippen LogP contribution in [0.3, 0.4) is 0 Å². The fraction of sp³-hybridized carbons (Fsp3) is 0.235. The Labute approximate surface area is 112 Å². The van der Waals surface area contributed by atoms with Gasteiger partial charge in [0.2, 0.25) is 0 Å². The van der Waals surface area contributed by atoms with E-state index in [2.05, 4.69) is 13.2 Å². The highest BCUT2D eigenvalue weighted by molar-refractivity contribution is 6.10. The zero-order valence-corrected chi connectivity index (χ0v) is 11.9. The average molecular weight is 244 g/mol. The van der Waals surface area contributed by atoms with Gasteiger partial charge < -0.3 is 0 Å². The van der Waals surface area contributed by atoms with Crippen molar-refractivity contribution in [1.29, 1.82) is 0 Å². The lowest BCUT2D eigenvalue weighted by molar-refractivity contribution is 0.103. The Hall–Kier alpha value is -1.89. The van der Waals surface area contributed by atoms with Gasteiger partial charge in [0.15, 0.2) is 5.78 Å². The number of carbonyl (C=O) groups excluding carboxylic acids is 1. The molecule has 0 aromatic heterocycles. The Morgan fingerprint density at radius 2 is 1.50 bits per heavy atom. The van der Waals surface area contributed by atoms with Gasteiger partial charge in [-0.05, 0) is 0 Å². The van der Waals surface area contributed by atoms with Crippen LogP contribution < -0.4 is 0 Å². The lowest BCUT2D eigenvalue weighted by atomic mass is 10.0. The standard InChI is InChI=1S/C13H12O.2C2H6/c1-3-8-11(4-2)13(14)12-9-6-5-7-10-12;2*1-2/h3-10H,1-2H2;2*1-2H3/b11-8+;;. The second-order valence-corrected chi connectivity index (χ2v) is 2.76. The number of rotatable bonds is 4. The molecule has 0 bridgehead atoms. The quantitative estimate of drug-likeness (QED) is 0.403. The van der Waals surface area contributed by atoms with Crippen LogP contribution in [0.5, 0.6) is 0 Å². The Morgan fingerprint density at radius 1 is 1.00 bits per heavy atom. The molecule has 18 heavy (non-hydrogen) atoms. The van der Waals surface area contributed by atoms with Crippen molar-refractivity contribution in [2.75, 3.05) is 0 Å². The minimum atomic E-state index is -0.0273. The molecule has 0 aliphatic rings. The van der Waals surface area contributed by atoms with Crippen LogP contribution in [0.4, 0.5) is 0 Å². The molecular formula is C17H24O. The molecule has 1 aromatic rings. The van der Waals surface area contributed by atoms with E-state index in [0.29, 0.717) is 11.1 Å². The Balaban J connectivity index is 0. The predicted molar refractivity (Wildman–Crippen MR) is 81.9 cm³/mol. The summed E-state index contributed by atoms with van der Waals surface area (Å²) in [6.45, 7) is 15.1. The molecule has 0 spiro atoms. The van der Waals surface area contributed by atoms with Crippen molar-refractivity contribution in [3.63, 3.8) is 0 Å². The van der Waals surface area contributed by atoms with E-state index in [9.17, 15) is 4.79 Å². The Bertz CT molecular complexity index is 372. The molecule has 0 saturated carbocycles. The summed E-state index contributed by atoms with van der Waals surface area (Å²) in [6, 6.07) is 9.11. The lowest BCUT2D eigenvalue weighted by Gasteiger charge is -1.99. The molecule has 1 rings (SSSR count). The maximum Gasteiger partial charge on any atom is 0.192 e. The van der Waals surface area contributed by atoms with Crippen LogP contribution in [0.15, 0.2) is 67.3 Å². The molecule has 1 nitrogen and oxygen atoms in total. The van der Waals surface area contributed by atoms with Gasteiger partial charge in [-0.2, -0.15) is 0 Å². The maximum absolute atomic E-state index is 11.8. The smallest absolute Gasteiger partial charge is 0.192 e. The second-order valence-electron chi connectivity index (χ2n) is 2.76. The van der Waals surface area contributed by atoms with Crippen LogP contribution in [-0.2, 0) is 0 Å². The molecule has 0 heterocycles. The first-order chi connectivity index (χ1) is 8.79. The SMILES string of the molecule is C=C/C=C(\C=C)C(=O)c1ccccc1.CC.CC. The number of allylic oxidation sites excluding steroid dienone is 4. The van der Waals surface area contributed by atoms with Crippen LogP contribution >= 0.6 is 0 Å². The van der Waals surface area contributed by atoms with Gasteiger partial charge in [0.05, 0.1) is 0 Å². The van der Waals surface area contributed by atoms with Crippen molar-refractivity contribution in [3.05, 3.63) is 72.9 Å². The molecule has 1 heteroatoms. The van der Waals surface area contributed by atoms with Gasteiger partial charge in [-0.3, -0.25) is 4.79 Å². The molecular weight excluding hydrogens is 220 g/mol. The van der Waals surface area contributed by atoms with Crippen molar-refractivity contribution in [1.82, 2.24) is 0 Å². The minimum absolute atomic E-state index is 0.0273. The monoisotopic (exact) mass is 244 g/mol. The molecule has 0 aliphatic heterocycles. The van der Waals surface area contributed by atoms with Crippen LogP contribution in [0.1, 0.15) is 38.1 Å². The van der Waals surface area contributed by atoms with Crippen LogP contribution in [-0.4, -0.2) is 5.78 Å². The molecule has 0 aliphatic carbocycles. The van der Waals surface area contributed by atoms with E-state index in [1.54, 1.807) is 24.3 Å². The van der Waals surface area contributed by atoms with E-state index >= 15 is 0 Å². The molecule has 0 saturated heterocycles. The molecule has 0 N–H and O–H groups in total. The van der Waals surface area contributed by atoms with Gasteiger partial charge in [-0.15, -0.1) is 0 Å². The third-order valence-corrected chi connectivity index (χ3v) is 1.82. The third-order valence-electron chi connectivity index (χ3n) is 1.82. The number of Topliss-reactive ketones (excluding diaryl/α,β-unsaturated/α-hetero) is 1. The lowest BCUT2D eigenvalue weighted by Crippen LogP contribution is -2.00. The molecule has 1 aromatic carbocycles. The Kier molecular flexibility index (Phi) is 13.5. The summed E-state index contributed by atoms with van der Waals surface area (Å²) in [6.07, 6.45) is 4.78. The van der Waals surface area contributed by atoms with E-state index in [0.717, 1.165) is 0 Å². The largest absolute Gasteiger partial charge is 0.289 e. The summed E-state index contributed by atoms with van der Waals surface area (Å²) in [5.74, 6) is -0.0273. The highest BCUT2D eigenvalue weighted by Crippen LogP contribution is 2.08. The zero-order chi connectivity index (χ0) is 14.4. The van der Waals surface area contributed by atoms with Crippen LogP contribution in [0, 0.1) is 0 Å². The number of hydrogen-bond acceptors (Lipinski definition) is 1. The fourth-order valence-corrected chi connectivity index (χ4v) is 1.12.